The number of aliphatic imine (C=N–C) groups is 1. The van der Waals surface area contributed by atoms with Crippen molar-refractivity contribution in [1.82, 2.24) is 20.4 Å². The number of guanidine groups is 1. The molecule has 1 atom stereocenters. The van der Waals surface area contributed by atoms with Gasteiger partial charge < -0.3 is 20.3 Å². The van der Waals surface area contributed by atoms with Crippen molar-refractivity contribution >= 4 is 29.9 Å². The number of hydrogen-bond acceptors (Lipinski definition) is 4. The highest BCUT2D eigenvalue weighted by atomic mass is 127. The smallest absolute Gasteiger partial charge is 0.191 e. The van der Waals surface area contributed by atoms with E-state index in [1.54, 1.807) is 0 Å². The second-order valence-electron chi connectivity index (χ2n) is 6.83. The normalized spacial score (nSPS) is 17.3. The molecule has 156 valence electrons. The summed E-state index contributed by atoms with van der Waals surface area (Å²) < 4.78 is 5.54. The molecule has 0 aromatic rings. The van der Waals surface area contributed by atoms with Crippen LogP contribution in [0.5, 0.6) is 0 Å². The second kappa shape index (κ2) is 15.9. The zero-order valence-corrected chi connectivity index (χ0v) is 19.9. The molecule has 1 heterocycles. The van der Waals surface area contributed by atoms with Gasteiger partial charge in [0.05, 0.1) is 19.8 Å². The van der Waals surface area contributed by atoms with Crippen molar-refractivity contribution in [2.75, 3.05) is 66.1 Å². The molecule has 0 aromatic carbocycles. The monoisotopic (exact) mass is 483 g/mol. The highest BCUT2D eigenvalue weighted by Gasteiger charge is 2.26. The summed E-state index contributed by atoms with van der Waals surface area (Å²) in [5, 5.41) is 6.86. The Hall–Kier alpha value is -0.120. The fraction of sp³-hybridized carbons (Fsp3) is 0.947. The number of nitrogens with one attached hydrogen (secondary N) is 2. The maximum absolute atomic E-state index is 5.54. The van der Waals surface area contributed by atoms with Crippen LogP contribution < -0.4 is 10.6 Å². The van der Waals surface area contributed by atoms with Crippen LogP contribution in [0.1, 0.15) is 40.5 Å². The van der Waals surface area contributed by atoms with Crippen LogP contribution in [-0.2, 0) is 4.74 Å². The maximum Gasteiger partial charge on any atom is 0.191 e. The summed E-state index contributed by atoms with van der Waals surface area (Å²) in [6.45, 7) is 17.4. The number of halogens is 1. The highest BCUT2D eigenvalue weighted by Crippen LogP contribution is 2.20. The Morgan fingerprint density at radius 3 is 2.31 bits per heavy atom. The highest BCUT2D eigenvalue weighted by molar-refractivity contribution is 14.0. The van der Waals surface area contributed by atoms with Gasteiger partial charge in [0.15, 0.2) is 5.96 Å². The molecule has 7 heteroatoms. The summed E-state index contributed by atoms with van der Waals surface area (Å²) in [5.41, 5.74) is 0. The second-order valence-corrected chi connectivity index (χ2v) is 6.83. The molecule has 26 heavy (non-hydrogen) atoms. The first-order valence-electron chi connectivity index (χ1n) is 10.2. The molecule has 2 N–H and O–H groups in total. The molecule has 1 unspecified atom stereocenters. The van der Waals surface area contributed by atoms with E-state index in [0.717, 1.165) is 65.0 Å². The molecule has 1 saturated heterocycles. The Bertz CT molecular complexity index is 360. The van der Waals surface area contributed by atoms with Gasteiger partial charge in [-0.3, -0.25) is 9.89 Å². The quantitative estimate of drug-likeness (QED) is 0.268. The lowest BCUT2D eigenvalue weighted by molar-refractivity contribution is 0.00395. The van der Waals surface area contributed by atoms with Crippen LogP contribution in [0.3, 0.4) is 0 Å². The SMILES string of the molecule is CCNC(=NCC(C(CC)CC)N1CCOCC1)NCCN(C)CC.I. The third kappa shape index (κ3) is 9.71. The Balaban J connectivity index is 0.00000625. The molecular weight excluding hydrogens is 441 g/mol. The van der Waals surface area contributed by atoms with Gasteiger partial charge in [-0.15, -0.1) is 24.0 Å². The summed E-state index contributed by atoms with van der Waals surface area (Å²) >= 11 is 0. The molecule has 1 aliphatic rings. The van der Waals surface area contributed by atoms with Crippen LogP contribution in [0.2, 0.25) is 0 Å². The van der Waals surface area contributed by atoms with Crippen molar-refractivity contribution in [3.05, 3.63) is 0 Å². The van der Waals surface area contributed by atoms with Crippen molar-refractivity contribution in [1.29, 1.82) is 0 Å². The first-order chi connectivity index (χ1) is 12.2. The molecule has 6 nitrogen and oxygen atoms in total. The number of rotatable bonds is 11. The molecular formula is C19H42IN5O. The van der Waals surface area contributed by atoms with E-state index in [9.17, 15) is 0 Å². The van der Waals surface area contributed by atoms with Crippen molar-refractivity contribution in [3.8, 4) is 0 Å². The van der Waals surface area contributed by atoms with Crippen LogP contribution >= 0.6 is 24.0 Å². The molecule has 1 fully saturated rings. The van der Waals surface area contributed by atoms with E-state index in [0.29, 0.717) is 12.0 Å². The molecule has 0 aromatic heterocycles. The van der Waals surface area contributed by atoms with Gasteiger partial charge in [-0.2, -0.15) is 0 Å². The summed E-state index contributed by atoms with van der Waals surface area (Å²) in [5.74, 6) is 1.63. The zero-order valence-electron chi connectivity index (χ0n) is 17.6. The van der Waals surface area contributed by atoms with Gasteiger partial charge in [-0.25, -0.2) is 0 Å². The predicted molar refractivity (Wildman–Crippen MR) is 123 cm³/mol. The molecule has 0 radical (unpaired) electrons. The Morgan fingerprint density at radius 2 is 1.77 bits per heavy atom. The van der Waals surface area contributed by atoms with Gasteiger partial charge >= 0.3 is 0 Å². The molecule has 0 amide bonds. The molecule has 0 aliphatic carbocycles. The van der Waals surface area contributed by atoms with Crippen LogP contribution in [0.25, 0.3) is 0 Å². The minimum absolute atomic E-state index is 0. The summed E-state index contributed by atoms with van der Waals surface area (Å²) in [4.78, 5) is 9.81. The predicted octanol–water partition coefficient (Wildman–Crippen LogP) is 2.25. The number of morpholine rings is 1. The first kappa shape index (κ1) is 25.9. The Morgan fingerprint density at radius 1 is 1.12 bits per heavy atom. The average molecular weight is 483 g/mol. The number of nitrogens with zero attached hydrogens (tertiary/aromatic N) is 3. The standard InChI is InChI=1S/C19H41N5O.HI/c1-6-17(7-2)18(24-12-14-25-15-13-24)16-22-19(20-8-3)21-10-11-23(5)9-4;/h17-18H,6-16H2,1-5H3,(H2,20,21,22);1H. The Labute approximate surface area is 178 Å². The van der Waals surface area contributed by atoms with Crippen molar-refractivity contribution in [2.24, 2.45) is 10.9 Å². The largest absolute Gasteiger partial charge is 0.379 e. The summed E-state index contributed by atoms with van der Waals surface area (Å²) in [6, 6.07) is 0.507. The minimum Gasteiger partial charge on any atom is -0.379 e. The lowest BCUT2D eigenvalue weighted by Gasteiger charge is -2.38. The number of hydrogen-bond donors (Lipinski definition) is 2. The molecule has 0 spiro atoms. The van der Waals surface area contributed by atoms with E-state index in [1.807, 2.05) is 0 Å². The van der Waals surface area contributed by atoms with E-state index in [1.165, 1.54) is 12.8 Å². The van der Waals surface area contributed by atoms with Crippen molar-refractivity contribution in [2.45, 2.75) is 46.6 Å². The van der Waals surface area contributed by atoms with Crippen molar-refractivity contribution < 1.29 is 4.74 Å². The lowest BCUT2D eigenvalue weighted by Crippen LogP contribution is -2.49. The summed E-state index contributed by atoms with van der Waals surface area (Å²) in [7, 11) is 2.15. The molecule has 0 saturated carbocycles. The number of ether oxygens (including phenoxy) is 1. The van der Waals surface area contributed by atoms with Gasteiger partial charge in [0.1, 0.15) is 0 Å². The summed E-state index contributed by atoms with van der Waals surface area (Å²) in [6.07, 6.45) is 2.42. The average Bonchev–Trinajstić information content (AvgIpc) is 2.65. The molecule has 1 aliphatic heterocycles. The third-order valence-corrected chi connectivity index (χ3v) is 5.21. The van der Waals surface area contributed by atoms with Gasteiger partial charge in [0.25, 0.3) is 0 Å². The van der Waals surface area contributed by atoms with E-state index in [2.05, 4.69) is 55.2 Å². The van der Waals surface area contributed by atoms with Gasteiger partial charge in [0, 0.05) is 38.8 Å². The fourth-order valence-corrected chi connectivity index (χ4v) is 3.35. The van der Waals surface area contributed by atoms with Gasteiger partial charge in [-0.1, -0.05) is 33.6 Å². The number of likely N-dealkylation sites (N-methyl/N-ethyl adjacent to an activating group) is 1. The minimum atomic E-state index is 0. The molecule has 0 bridgehead atoms. The fourth-order valence-electron chi connectivity index (χ4n) is 3.35. The van der Waals surface area contributed by atoms with Crippen molar-refractivity contribution in [3.63, 3.8) is 0 Å². The van der Waals surface area contributed by atoms with Crippen LogP contribution in [0.15, 0.2) is 4.99 Å². The van der Waals surface area contributed by atoms with Crippen LogP contribution in [-0.4, -0.2) is 87.9 Å². The molecule has 1 rings (SSSR count). The van der Waals surface area contributed by atoms with Gasteiger partial charge in [0.2, 0.25) is 0 Å². The van der Waals surface area contributed by atoms with Gasteiger partial charge in [-0.05, 0) is 26.4 Å². The maximum atomic E-state index is 5.54. The van der Waals surface area contributed by atoms with E-state index >= 15 is 0 Å². The first-order valence-corrected chi connectivity index (χ1v) is 10.2. The van der Waals surface area contributed by atoms with Crippen LogP contribution in [0, 0.1) is 5.92 Å². The zero-order chi connectivity index (χ0) is 18.5. The lowest BCUT2D eigenvalue weighted by atomic mass is 9.92. The van der Waals surface area contributed by atoms with E-state index in [4.69, 9.17) is 9.73 Å². The topological polar surface area (TPSA) is 52.1 Å². The van der Waals surface area contributed by atoms with E-state index < -0.39 is 0 Å². The third-order valence-electron chi connectivity index (χ3n) is 5.21. The van der Waals surface area contributed by atoms with Crippen LogP contribution in [0.4, 0.5) is 0 Å². The van der Waals surface area contributed by atoms with E-state index in [-0.39, 0.29) is 24.0 Å². The Kier molecular flexibility index (Phi) is 15.8.